The molecule has 7 nitrogen and oxygen atoms in total. The molecular weight excluding hydrogens is 552 g/mol. The van der Waals surface area contributed by atoms with Gasteiger partial charge in [0.15, 0.2) is 11.5 Å². The second-order valence-corrected chi connectivity index (χ2v) is 12.3. The number of aliphatic hydroxyl groups is 1. The molecule has 1 aliphatic carbocycles. The number of benzene rings is 3. The first-order chi connectivity index (χ1) is 20.0. The van der Waals surface area contributed by atoms with Gasteiger partial charge in [0.2, 0.25) is 11.8 Å². The van der Waals surface area contributed by atoms with E-state index in [1.807, 2.05) is 86.3 Å². The molecule has 2 amide bonds. The normalized spacial score (nSPS) is 21.9. The Morgan fingerprint density at radius 1 is 1.02 bits per heavy atom. The highest BCUT2D eigenvalue weighted by Gasteiger charge is 2.39. The number of anilines is 1. The van der Waals surface area contributed by atoms with Crippen molar-refractivity contribution in [3.05, 3.63) is 87.9 Å². The van der Waals surface area contributed by atoms with Gasteiger partial charge in [-0.15, -0.1) is 0 Å². The molecule has 8 heteroatoms. The number of carbonyl (C=O) groups is 2. The molecule has 1 unspecified atom stereocenters. The van der Waals surface area contributed by atoms with E-state index in [2.05, 4.69) is 0 Å². The maximum absolute atomic E-state index is 13.8. The van der Waals surface area contributed by atoms with Crippen molar-refractivity contribution in [2.75, 3.05) is 12.0 Å². The van der Waals surface area contributed by atoms with Gasteiger partial charge < -0.3 is 25.2 Å². The first-order valence-corrected chi connectivity index (χ1v) is 14.9. The molecule has 5 rings (SSSR count). The summed E-state index contributed by atoms with van der Waals surface area (Å²) in [6, 6.07) is 18.6. The predicted octanol–water partition coefficient (Wildman–Crippen LogP) is 6.31. The van der Waals surface area contributed by atoms with Gasteiger partial charge >= 0.3 is 0 Å². The lowest BCUT2D eigenvalue weighted by Crippen LogP contribution is -2.41. The van der Waals surface area contributed by atoms with E-state index in [4.69, 9.17) is 26.8 Å². The van der Waals surface area contributed by atoms with Crippen LogP contribution in [0.3, 0.4) is 0 Å². The highest BCUT2D eigenvalue weighted by molar-refractivity contribution is 6.30. The first kappa shape index (κ1) is 29.9. The Bertz CT molecular complexity index is 1440. The van der Waals surface area contributed by atoms with E-state index in [1.165, 1.54) is 0 Å². The molecule has 0 radical (unpaired) electrons. The van der Waals surface area contributed by atoms with Crippen molar-refractivity contribution in [3.8, 4) is 11.5 Å². The Balaban J connectivity index is 1.52. The number of hydrogen-bond donors (Lipinski definition) is 2. The monoisotopic (exact) mass is 590 g/mol. The van der Waals surface area contributed by atoms with Gasteiger partial charge in [0, 0.05) is 16.6 Å². The highest BCUT2D eigenvalue weighted by atomic mass is 35.5. The summed E-state index contributed by atoms with van der Waals surface area (Å²) in [6.45, 7) is 5.76. The van der Waals surface area contributed by atoms with Gasteiger partial charge in [0.05, 0.1) is 31.3 Å². The molecule has 3 aromatic carbocycles. The SMILES string of the molecule is COc1cc2c(cc1OC(C)C)[C@H](c1ccc(Cl)cc1)N(c1ccc(C(C)(O)[C@H]3CC[C@H](C(N)=O)CC3)cc1)C(=O)C2. The zero-order chi connectivity index (χ0) is 30.2. The largest absolute Gasteiger partial charge is 0.493 e. The number of rotatable bonds is 8. The minimum Gasteiger partial charge on any atom is -0.493 e. The van der Waals surface area contributed by atoms with E-state index in [0.717, 1.165) is 40.8 Å². The molecule has 222 valence electrons. The first-order valence-electron chi connectivity index (χ1n) is 14.6. The van der Waals surface area contributed by atoms with Gasteiger partial charge in [-0.1, -0.05) is 35.9 Å². The second-order valence-electron chi connectivity index (χ2n) is 11.9. The number of halogens is 1. The van der Waals surface area contributed by atoms with E-state index in [0.29, 0.717) is 29.4 Å². The van der Waals surface area contributed by atoms with Crippen LogP contribution in [0, 0.1) is 11.8 Å². The van der Waals surface area contributed by atoms with Crippen LogP contribution in [-0.4, -0.2) is 30.1 Å². The molecule has 2 aliphatic rings. The molecule has 42 heavy (non-hydrogen) atoms. The predicted molar refractivity (Wildman–Crippen MR) is 164 cm³/mol. The summed E-state index contributed by atoms with van der Waals surface area (Å²) in [6.07, 6.45) is 2.98. The van der Waals surface area contributed by atoms with E-state index < -0.39 is 11.6 Å². The molecule has 1 saturated carbocycles. The van der Waals surface area contributed by atoms with E-state index in [-0.39, 0.29) is 36.2 Å². The van der Waals surface area contributed by atoms with E-state index in [1.54, 1.807) is 7.11 Å². The maximum Gasteiger partial charge on any atom is 0.232 e. The standard InChI is InChI=1S/C34H39ClN2O5/c1-20(2)42-30-19-28-23(17-29(30)41-4)18-31(38)37(32(28)21-7-13-26(35)14-8-21)27-15-11-25(12-16-27)34(3,40)24-9-5-22(6-10-24)33(36)39/h7-8,11-17,19-20,22,24,32,40H,5-6,9-10,18H2,1-4H3,(H2,36,39)/t22-,24-,32-,34?/m0/s1. The zero-order valence-electron chi connectivity index (χ0n) is 24.6. The molecule has 1 fully saturated rings. The topological polar surface area (TPSA) is 102 Å². The van der Waals surface area contributed by atoms with Crippen LogP contribution in [0.15, 0.2) is 60.7 Å². The summed E-state index contributed by atoms with van der Waals surface area (Å²) in [5.41, 5.74) is 8.69. The lowest BCUT2D eigenvalue weighted by molar-refractivity contribution is -0.124. The number of carbonyl (C=O) groups excluding carboxylic acids is 2. The second kappa shape index (κ2) is 12.0. The van der Waals surface area contributed by atoms with Gasteiger partial charge in [-0.25, -0.2) is 0 Å². The van der Waals surface area contributed by atoms with Gasteiger partial charge in [-0.2, -0.15) is 0 Å². The minimum absolute atomic E-state index is 0.0126. The van der Waals surface area contributed by atoms with Gasteiger partial charge in [0.1, 0.15) is 0 Å². The van der Waals surface area contributed by atoms with Crippen molar-refractivity contribution in [1.29, 1.82) is 0 Å². The van der Waals surface area contributed by atoms with Crippen molar-refractivity contribution >= 4 is 29.1 Å². The van der Waals surface area contributed by atoms with Gasteiger partial charge in [-0.3, -0.25) is 9.59 Å². The highest BCUT2D eigenvalue weighted by Crippen LogP contribution is 2.45. The Morgan fingerprint density at radius 3 is 2.24 bits per heavy atom. The van der Waals surface area contributed by atoms with E-state index in [9.17, 15) is 14.7 Å². The lowest BCUT2D eigenvalue weighted by Gasteiger charge is -2.39. The summed E-state index contributed by atoms with van der Waals surface area (Å²) >= 11 is 6.24. The Labute approximate surface area is 252 Å². The number of ether oxygens (including phenoxy) is 2. The molecule has 1 heterocycles. The number of nitrogens with zero attached hydrogens (tertiary/aromatic N) is 1. The fourth-order valence-corrected chi connectivity index (χ4v) is 6.59. The van der Waals surface area contributed by atoms with Crippen LogP contribution in [0.2, 0.25) is 5.02 Å². The molecule has 0 saturated heterocycles. The zero-order valence-corrected chi connectivity index (χ0v) is 25.4. The molecule has 0 aromatic heterocycles. The third kappa shape index (κ3) is 5.86. The van der Waals surface area contributed by atoms with Crippen molar-refractivity contribution in [1.82, 2.24) is 0 Å². The number of methoxy groups -OCH3 is 1. The van der Waals surface area contributed by atoms with Crippen LogP contribution >= 0.6 is 11.6 Å². The van der Waals surface area contributed by atoms with Gasteiger partial charge in [0.25, 0.3) is 0 Å². The summed E-state index contributed by atoms with van der Waals surface area (Å²) in [7, 11) is 1.60. The van der Waals surface area contributed by atoms with Crippen LogP contribution in [0.25, 0.3) is 0 Å². The summed E-state index contributed by atoms with van der Waals surface area (Å²) in [5, 5.41) is 12.2. The fraction of sp³-hybridized carbons (Fsp3) is 0.412. The molecular formula is C34H39ClN2O5. The quantitative estimate of drug-likeness (QED) is 0.320. The molecule has 0 bridgehead atoms. The van der Waals surface area contributed by atoms with Crippen LogP contribution in [-0.2, 0) is 21.6 Å². The smallest absolute Gasteiger partial charge is 0.232 e. The van der Waals surface area contributed by atoms with Crippen LogP contribution < -0.4 is 20.1 Å². The van der Waals surface area contributed by atoms with Crippen LogP contribution in [0.4, 0.5) is 5.69 Å². The molecule has 0 spiro atoms. The average Bonchev–Trinajstić information content (AvgIpc) is 2.96. The van der Waals surface area contributed by atoms with Crippen molar-refractivity contribution in [3.63, 3.8) is 0 Å². The number of fused-ring (bicyclic) bond motifs is 1. The number of primary amides is 1. The van der Waals surface area contributed by atoms with Crippen molar-refractivity contribution < 1.29 is 24.2 Å². The van der Waals surface area contributed by atoms with E-state index >= 15 is 0 Å². The Morgan fingerprint density at radius 2 is 1.67 bits per heavy atom. The molecule has 1 aliphatic heterocycles. The maximum atomic E-state index is 13.8. The van der Waals surface area contributed by atoms with Gasteiger partial charge in [-0.05, 0) is 111 Å². The van der Waals surface area contributed by atoms with Crippen molar-refractivity contribution in [2.24, 2.45) is 17.6 Å². The third-order valence-corrected chi connectivity index (χ3v) is 9.04. The minimum atomic E-state index is -1.07. The summed E-state index contributed by atoms with van der Waals surface area (Å²) in [4.78, 5) is 27.3. The molecule has 2 atom stereocenters. The number of hydrogen-bond acceptors (Lipinski definition) is 5. The molecule has 3 aromatic rings. The van der Waals surface area contributed by atoms with Crippen molar-refractivity contribution in [2.45, 2.75) is 70.6 Å². The lowest BCUT2D eigenvalue weighted by atomic mass is 9.71. The Kier molecular flexibility index (Phi) is 8.53. The summed E-state index contributed by atoms with van der Waals surface area (Å²) < 4.78 is 11.7. The van der Waals surface area contributed by atoms with Crippen LogP contribution in [0.1, 0.15) is 74.8 Å². The Hall–Kier alpha value is -3.55. The van der Waals surface area contributed by atoms with Crippen LogP contribution in [0.5, 0.6) is 11.5 Å². The molecule has 3 N–H and O–H groups in total. The third-order valence-electron chi connectivity index (χ3n) is 8.79. The number of amides is 2. The average molecular weight is 591 g/mol. The summed E-state index contributed by atoms with van der Waals surface area (Å²) in [5.74, 6) is 0.794. The fourth-order valence-electron chi connectivity index (χ4n) is 6.46. The number of nitrogens with two attached hydrogens (primary N) is 1.